The molecule has 23 heavy (non-hydrogen) atoms. The molecule has 0 spiro atoms. The van der Waals surface area contributed by atoms with Crippen LogP contribution in [0.4, 0.5) is 4.79 Å². The lowest BCUT2D eigenvalue weighted by atomic mass is 10.0. The Morgan fingerprint density at radius 3 is 2.70 bits per heavy atom. The molecule has 2 N–H and O–H groups in total. The number of amides is 1. The summed E-state index contributed by atoms with van der Waals surface area (Å²) in [5.74, 6) is 0.531. The third-order valence-corrected chi connectivity index (χ3v) is 3.08. The molecule has 6 heteroatoms. The number of nitrogens with zero attached hydrogens (tertiary/aromatic N) is 2. The number of nitrogens with one attached hydrogen (secondary N) is 2. The molecule has 1 unspecified atom stereocenters. The van der Waals surface area contributed by atoms with E-state index in [1.54, 1.807) is 10.9 Å². The summed E-state index contributed by atoms with van der Waals surface area (Å²) in [5, 5.41) is 10.5. The van der Waals surface area contributed by atoms with Crippen LogP contribution >= 0.6 is 0 Å². The summed E-state index contributed by atoms with van der Waals surface area (Å²) >= 11 is 0. The van der Waals surface area contributed by atoms with E-state index in [0.717, 1.165) is 12.0 Å². The van der Waals surface area contributed by atoms with Gasteiger partial charge < -0.3 is 15.4 Å². The number of aromatic nitrogens is 2. The first-order valence-corrected chi connectivity index (χ1v) is 8.05. The molecule has 1 aromatic rings. The van der Waals surface area contributed by atoms with Crippen molar-refractivity contribution in [2.24, 2.45) is 5.92 Å². The first-order valence-electron chi connectivity index (χ1n) is 8.05. The molecule has 0 radical (unpaired) electrons. The second kappa shape index (κ2) is 8.72. The molecule has 6 nitrogen and oxygen atoms in total. The molecule has 1 heterocycles. The summed E-state index contributed by atoms with van der Waals surface area (Å²) in [6.45, 7) is 14.8. The Morgan fingerprint density at radius 2 is 2.17 bits per heavy atom. The lowest BCUT2D eigenvalue weighted by Crippen LogP contribution is -2.43. The normalized spacial score (nSPS) is 13.0. The summed E-state index contributed by atoms with van der Waals surface area (Å²) in [6, 6.07) is 0.176. The SMILES string of the molecule is C=Cn1cc(CNC(CNC(=O)OC(C)(C)C)CC(C)C)cn1. The van der Waals surface area contributed by atoms with Crippen molar-refractivity contribution in [1.29, 1.82) is 0 Å². The van der Waals surface area contributed by atoms with Crippen molar-refractivity contribution in [3.8, 4) is 0 Å². The third-order valence-electron chi connectivity index (χ3n) is 3.08. The van der Waals surface area contributed by atoms with E-state index in [1.807, 2.05) is 33.2 Å². The molecule has 1 atom stereocenters. The zero-order valence-corrected chi connectivity index (χ0v) is 14.9. The number of alkyl carbamates (subject to hydrolysis) is 1. The van der Waals surface area contributed by atoms with Crippen molar-refractivity contribution in [3.05, 3.63) is 24.5 Å². The molecule has 0 bridgehead atoms. The fraction of sp³-hybridized carbons (Fsp3) is 0.647. The van der Waals surface area contributed by atoms with Crippen LogP contribution in [0.5, 0.6) is 0 Å². The minimum atomic E-state index is -0.482. The minimum Gasteiger partial charge on any atom is -0.444 e. The molecule has 1 rings (SSSR count). The number of hydrogen-bond acceptors (Lipinski definition) is 4. The number of carbonyl (C=O) groups excluding carboxylic acids is 1. The van der Waals surface area contributed by atoms with Crippen LogP contribution in [0.2, 0.25) is 0 Å². The number of carbonyl (C=O) groups is 1. The van der Waals surface area contributed by atoms with E-state index in [1.165, 1.54) is 0 Å². The molecule has 130 valence electrons. The second-order valence-electron chi connectivity index (χ2n) is 7.10. The second-order valence-corrected chi connectivity index (χ2v) is 7.10. The van der Waals surface area contributed by atoms with Crippen LogP contribution < -0.4 is 10.6 Å². The van der Waals surface area contributed by atoms with Crippen LogP contribution in [-0.2, 0) is 11.3 Å². The van der Waals surface area contributed by atoms with Crippen LogP contribution in [-0.4, -0.2) is 34.1 Å². The van der Waals surface area contributed by atoms with Crippen molar-refractivity contribution in [1.82, 2.24) is 20.4 Å². The fourth-order valence-electron chi connectivity index (χ4n) is 2.16. The lowest BCUT2D eigenvalue weighted by molar-refractivity contribution is 0.0521. The molecule has 1 aromatic heterocycles. The zero-order chi connectivity index (χ0) is 17.5. The quantitative estimate of drug-likeness (QED) is 0.772. The maximum absolute atomic E-state index is 11.8. The van der Waals surface area contributed by atoms with Crippen LogP contribution in [0.15, 0.2) is 19.0 Å². The highest BCUT2D eigenvalue weighted by molar-refractivity contribution is 5.67. The van der Waals surface area contributed by atoms with Gasteiger partial charge in [-0.3, -0.25) is 0 Å². The molecule has 0 aliphatic rings. The summed E-state index contributed by atoms with van der Waals surface area (Å²) in [7, 11) is 0. The molecule has 0 saturated heterocycles. The molecular formula is C17H30N4O2. The van der Waals surface area contributed by atoms with Gasteiger partial charge in [0.25, 0.3) is 0 Å². The van der Waals surface area contributed by atoms with E-state index >= 15 is 0 Å². The molecule has 0 saturated carbocycles. The Balaban J connectivity index is 2.48. The maximum Gasteiger partial charge on any atom is 0.407 e. The Morgan fingerprint density at radius 1 is 1.48 bits per heavy atom. The fourth-order valence-corrected chi connectivity index (χ4v) is 2.16. The maximum atomic E-state index is 11.8. The van der Waals surface area contributed by atoms with Gasteiger partial charge in [-0.25, -0.2) is 9.48 Å². The predicted molar refractivity (Wildman–Crippen MR) is 92.9 cm³/mol. The molecule has 0 fully saturated rings. The highest BCUT2D eigenvalue weighted by atomic mass is 16.6. The molecule has 1 amide bonds. The number of rotatable bonds is 8. The van der Waals surface area contributed by atoms with Crippen molar-refractivity contribution < 1.29 is 9.53 Å². The summed E-state index contributed by atoms with van der Waals surface area (Å²) < 4.78 is 6.95. The van der Waals surface area contributed by atoms with Gasteiger partial charge in [-0.2, -0.15) is 5.10 Å². The van der Waals surface area contributed by atoms with Crippen molar-refractivity contribution >= 4 is 12.3 Å². The van der Waals surface area contributed by atoms with Gasteiger partial charge in [0.05, 0.1) is 6.20 Å². The van der Waals surface area contributed by atoms with Crippen LogP contribution in [0.25, 0.3) is 6.20 Å². The Bertz CT molecular complexity index is 503. The van der Waals surface area contributed by atoms with Gasteiger partial charge in [-0.1, -0.05) is 20.4 Å². The van der Waals surface area contributed by atoms with E-state index in [9.17, 15) is 4.79 Å². The Hall–Kier alpha value is -1.82. The number of hydrogen-bond donors (Lipinski definition) is 2. The Kier molecular flexibility index (Phi) is 7.29. The van der Waals surface area contributed by atoms with E-state index in [4.69, 9.17) is 4.74 Å². The van der Waals surface area contributed by atoms with E-state index < -0.39 is 5.60 Å². The number of ether oxygens (including phenoxy) is 1. The van der Waals surface area contributed by atoms with Gasteiger partial charge >= 0.3 is 6.09 Å². The average molecular weight is 322 g/mol. The zero-order valence-electron chi connectivity index (χ0n) is 14.9. The van der Waals surface area contributed by atoms with Crippen LogP contribution in [0, 0.1) is 5.92 Å². The summed E-state index contributed by atoms with van der Waals surface area (Å²) in [4.78, 5) is 11.8. The lowest BCUT2D eigenvalue weighted by Gasteiger charge is -2.23. The first-order chi connectivity index (χ1) is 10.7. The topological polar surface area (TPSA) is 68.2 Å². The van der Waals surface area contributed by atoms with Gasteiger partial charge in [0.15, 0.2) is 0 Å². The van der Waals surface area contributed by atoms with E-state index in [0.29, 0.717) is 19.0 Å². The van der Waals surface area contributed by atoms with Gasteiger partial charge in [-0.15, -0.1) is 0 Å². The van der Waals surface area contributed by atoms with Crippen LogP contribution in [0.3, 0.4) is 0 Å². The van der Waals surface area contributed by atoms with Gasteiger partial charge in [0.1, 0.15) is 5.60 Å². The third kappa shape index (κ3) is 8.40. The highest BCUT2D eigenvalue weighted by Crippen LogP contribution is 2.08. The minimum absolute atomic E-state index is 0.176. The largest absolute Gasteiger partial charge is 0.444 e. The molecule has 0 aliphatic heterocycles. The molecule has 0 aliphatic carbocycles. The molecule has 0 aromatic carbocycles. The van der Waals surface area contributed by atoms with E-state index in [2.05, 4.69) is 36.2 Å². The van der Waals surface area contributed by atoms with Gasteiger partial charge in [0, 0.05) is 37.1 Å². The summed E-state index contributed by atoms with van der Waals surface area (Å²) in [5.41, 5.74) is 0.598. The van der Waals surface area contributed by atoms with E-state index in [-0.39, 0.29) is 12.1 Å². The van der Waals surface area contributed by atoms with Crippen LogP contribution in [0.1, 0.15) is 46.6 Å². The highest BCUT2D eigenvalue weighted by Gasteiger charge is 2.18. The van der Waals surface area contributed by atoms with Gasteiger partial charge in [-0.05, 0) is 33.1 Å². The van der Waals surface area contributed by atoms with Gasteiger partial charge in [0.2, 0.25) is 0 Å². The monoisotopic (exact) mass is 322 g/mol. The standard InChI is InChI=1S/C17H30N4O2/c1-7-21-12-14(10-20-21)9-18-15(8-13(2)3)11-19-16(22)23-17(4,5)6/h7,10,12-13,15,18H,1,8-9,11H2,2-6H3,(H,19,22). The smallest absolute Gasteiger partial charge is 0.407 e. The summed E-state index contributed by atoms with van der Waals surface area (Å²) in [6.07, 6.45) is 5.97. The van der Waals surface area contributed by atoms with Crippen molar-refractivity contribution in [2.45, 2.75) is 59.2 Å². The average Bonchev–Trinajstić information content (AvgIpc) is 2.87. The van der Waals surface area contributed by atoms with Crippen molar-refractivity contribution in [2.75, 3.05) is 6.54 Å². The molecular weight excluding hydrogens is 292 g/mol. The first kappa shape index (κ1) is 19.2. The Labute approximate surface area is 139 Å². The predicted octanol–water partition coefficient (Wildman–Crippen LogP) is 3.01. The van der Waals surface area contributed by atoms with Crippen molar-refractivity contribution in [3.63, 3.8) is 0 Å².